The van der Waals surface area contributed by atoms with Crippen LogP contribution in [-0.2, 0) is 5.88 Å². The minimum Gasteiger partial charge on any atom is -0.496 e. The molecule has 60 valence electrons. The van der Waals surface area contributed by atoms with Gasteiger partial charge in [-0.2, -0.15) is 0 Å². The Morgan fingerprint density at radius 1 is 1.55 bits per heavy atom. The minimum absolute atomic E-state index is 0.500. The van der Waals surface area contributed by atoms with E-state index in [9.17, 15) is 0 Å². The van der Waals surface area contributed by atoms with Crippen LogP contribution in [0, 0.1) is 3.57 Å². The lowest BCUT2D eigenvalue weighted by Gasteiger charge is -2.04. The number of methoxy groups -OCH3 is 1. The standard InChI is InChI=1S/C8H8ClIO/c1-11-8-3-2-7(10)4-6(8)5-9/h2-4H,5H2,1H3. The summed E-state index contributed by atoms with van der Waals surface area (Å²) in [5.74, 6) is 1.36. The average molecular weight is 283 g/mol. The van der Waals surface area contributed by atoms with Crippen LogP contribution in [0.1, 0.15) is 5.56 Å². The Labute approximate surface area is 84.8 Å². The molecule has 0 fully saturated rings. The summed E-state index contributed by atoms with van der Waals surface area (Å²) in [7, 11) is 1.65. The Morgan fingerprint density at radius 3 is 2.82 bits per heavy atom. The summed E-state index contributed by atoms with van der Waals surface area (Å²) < 4.78 is 6.28. The highest BCUT2D eigenvalue weighted by atomic mass is 127. The molecule has 0 aliphatic heterocycles. The second-order valence-corrected chi connectivity index (χ2v) is 3.60. The third kappa shape index (κ3) is 2.24. The number of halogens is 2. The third-order valence-electron chi connectivity index (χ3n) is 1.39. The van der Waals surface area contributed by atoms with Crippen molar-refractivity contribution in [3.63, 3.8) is 0 Å². The van der Waals surface area contributed by atoms with Crippen molar-refractivity contribution in [2.24, 2.45) is 0 Å². The highest BCUT2D eigenvalue weighted by Gasteiger charge is 2.00. The molecule has 1 nitrogen and oxygen atoms in total. The van der Waals surface area contributed by atoms with Crippen LogP contribution >= 0.6 is 34.2 Å². The molecule has 0 atom stereocenters. The Kier molecular flexibility index (Phi) is 3.45. The molecule has 0 aromatic heterocycles. The van der Waals surface area contributed by atoms with Gasteiger partial charge in [0, 0.05) is 9.13 Å². The van der Waals surface area contributed by atoms with Gasteiger partial charge in [-0.1, -0.05) is 0 Å². The Hall–Kier alpha value is 0.0400. The lowest BCUT2D eigenvalue weighted by atomic mass is 10.2. The number of hydrogen-bond acceptors (Lipinski definition) is 1. The Bertz CT molecular complexity index is 250. The lowest BCUT2D eigenvalue weighted by molar-refractivity contribution is 0.411. The van der Waals surface area contributed by atoms with Crippen LogP contribution in [0.3, 0.4) is 0 Å². The normalized spacial score (nSPS) is 9.73. The molecule has 0 unspecified atom stereocenters. The van der Waals surface area contributed by atoms with Crippen molar-refractivity contribution in [1.29, 1.82) is 0 Å². The maximum Gasteiger partial charge on any atom is 0.123 e. The second kappa shape index (κ2) is 4.16. The quantitative estimate of drug-likeness (QED) is 0.598. The summed E-state index contributed by atoms with van der Waals surface area (Å²) in [6.45, 7) is 0. The fraction of sp³-hybridized carbons (Fsp3) is 0.250. The third-order valence-corrected chi connectivity index (χ3v) is 2.35. The summed E-state index contributed by atoms with van der Waals surface area (Å²) in [5.41, 5.74) is 1.04. The molecule has 0 bridgehead atoms. The van der Waals surface area contributed by atoms with Gasteiger partial charge in [-0.05, 0) is 40.8 Å². The molecule has 0 heterocycles. The number of rotatable bonds is 2. The second-order valence-electron chi connectivity index (χ2n) is 2.09. The fourth-order valence-corrected chi connectivity index (χ4v) is 1.62. The maximum absolute atomic E-state index is 5.70. The molecular weight excluding hydrogens is 274 g/mol. The van der Waals surface area contributed by atoms with Crippen molar-refractivity contribution < 1.29 is 4.74 Å². The highest BCUT2D eigenvalue weighted by Crippen LogP contribution is 2.22. The van der Waals surface area contributed by atoms with Gasteiger partial charge in [-0.3, -0.25) is 0 Å². The SMILES string of the molecule is COc1ccc(I)cc1CCl. The van der Waals surface area contributed by atoms with Crippen molar-refractivity contribution >= 4 is 34.2 Å². The first-order chi connectivity index (χ1) is 5.27. The van der Waals surface area contributed by atoms with Gasteiger partial charge < -0.3 is 4.74 Å². The lowest BCUT2D eigenvalue weighted by Crippen LogP contribution is -1.89. The van der Waals surface area contributed by atoms with Gasteiger partial charge in [-0.15, -0.1) is 11.6 Å². The van der Waals surface area contributed by atoms with E-state index in [0.29, 0.717) is 5.88 Å². The first-order valence-corrected chi connectivity index (χ1v) is 4.77. The van der Waals surface area contributed by atoms with E-state index in [1.54, 1.807) is 7.11 Å². The molecule has 0 radical (unpaired) electrons. The van der Waals surface area contributed by atoms with E-state index >= 15 is 0 Å². The first-order valence-electron chi connectivity index (χ1n) is 3.16. The molecule has 0 saturated heterocycles. The predicted molar refractivity (Wildman–Crippen MR) is 55.3 cm³/mol. The van der Waals surface area contributed by atoms with Crippen LogP contribution in [0.25, 0.3) is 0 Å². The van der Waals surface area contributed by atoms with Crippen LogP contribution in [0.2, 0.25) is 0 Å². The molecule has 0 spiro atoms. The Balaban J connectivity index is 3.06. The molecule has 0 aliphatic rings. The van der Waals surface area contributed by atoms with Gasteiger partial charge in [0.15, 0.2) is 0 Å². The van der Waals surface area contributed by atoms with E-state index < -0.39 is 0 Å². The van der Waals surface area contributed by atoms with E-state index in [0.717, 1.165) is 11.3 Å². The molecule has 3 heteroatoms. The van der Waals surface area contributed by atoms with E-state index in [2.05, 4.69) is 22.6 Å². The average Bonchev–Trinajstić information content (AvgIpc) is 2.04. The minimum atomic E-state index is 0.500. The molecule has 1 aromatic carbocycles. The molecule has 11 heavy (non-hydrogen) atoms. The van der Waals surface area contributed by atoms with Crippen molar-refractivity contribution in [1.82, 2.24) is 0 Å². The number of ether oxygens (including phenoxy) is 1. The van der Waals surface area contributed by atoms with Crippen molar-refractivity contribution in [3.05, 3.63) is 27.3 Å². The van der Waals surface area contributed by atoms with E-state index in [-0.39, 0.29) is 0 Å². The van der Waals surface area contributed by atoms with Crippen LogP contribution in [0.5, 0.6) is 5.75 Å². The van der Waals surface area contributed by atoms with Gasteiger partial charge in [0.05, 0.1) is 13.0 Å². The summed E-state index contributed by atoms with van der Waals surface area (Å²) in [6, 6.07) is 5.95. The van der Waals surface area contributed by atoms with Gasteiger partial charge in [0.2, 0.25) is 0 Å². The van der Waals surface area contributed by atoms with Crippen LogP contribution in [-0.4, -0.2) is 7.11 Å². The van der Waals surface area contributed by atoms with Crippen molar-refractivity contribution in [2.45, 2.75) is 5.88 Å². The molecule has 0 aliphatic carbocycles. The topological polar surface area (TPSA) is 9.23 Å². The van der Waals surface area contributed by atoms with Crippen molar-refractivity contribution in [3.8, 4) is 5.75 Å². The van der Waals surface area contributed by atoms with E-state index in [1.165, 1.54) is 3.57 Å². The van der Waals surface area contributed by atoms with Crippen molar-refractivity contribution in [2.75, 3.05) is 7.11 Å². The first kappa shape index (κ1) is 9.13. The predicted octanol–water partition coefficient (Wildman–Crippen LogP) is 3.04. The molecular formula is C8H8ClIO. The molecule has 0 saturated carbocycles. The zero-order valence-corrected chi connectivity index (χ0v) is 9.02. The summed E-state index contributed by atoms with van der Waals surface area (Å²) in [6.07, 6.45) is 0. The van der Waals surface area contributed by atoms with E-state index in [4.69, 9.17) is 16.3 Å². The van der Waals surface area contributed by atoms with Crippen LogP contribution in [0.4, 0.5) is 0 Å². The summed E-state index contributed by atoms with van der Waals surface area (Å²) in [5, 5.41) is 0. The molecule has 0 amide bonds. The largest absolute Gasteiger partial charge is 0.496 e. The highest BCUT2D eigenvalue weighted by molar-refractivity contribution is 14.1. The van der Waals surface area contributed by atoms with Gasteiger partial charge in [-0.25, -0.2) is 0 Å². The van der Waals surface area contributed by atoms with Crippen LogP contribution in [0.15, 0.2) is 18.2 Å². The summed E-state index contributed by atoms with van der Waals surface area (Å²) in [4.78, 5) is 0. The number of alkyl halides is 1. The fourth-order valence-electron chi connectivity index (χ4n) is 0.852. The van der Waals surface area contributed by atoms with E-state index in [1.807, 2.05) is 18.2 Å². The monoisotopic (exact) mass is 282 g/mol. The van der Waals surface area contributed by atoms with Crippen LogP contribution < -0.4 is 4.74 Å². The zero-order valence-electron chi connectivity index (χ0n) is 6.10. The Morgan fingerprint density at radius 2 is 2.27 bits per heavy atom. The smallest absolute Gasteiger partial charge is 0.123 e. The zero-order chi connectivity index (χ0) is 8.27. The number of benzene rings is 1. The summed E-state index contributed by atoms with van der Waals surface area (Å²) >= 11 is 7.95. The van der Waals surface area contributed by atoms with Gasteiger partial charge in [0.1, 0.15) is 5.75 Å². The maximum atomic E-state index is 5.70. The van der Waals surface area contributed by atoms with Gasteiger partial charge >= 0.3 is 0 Å². The molecule has 1 rings (SSSR count). The molecule has 0 N–H and O–H groups in total. The van der Waals surface area contributed by atoms with Gasteiger partial charge in [0.25, 0.3) is 0 Å². The number of hydrogen-bond donors (Lipinski definition) is 0. The molecule has 1 aromatic rings.